The van der Waals surface area contributed by atoms with Gasteiger partial charge >= 0.3 is 11.9 Å². The molecule has 1 fully saturated rings. The van der Waals surface area contributed by atoms with Crippen molar-refractivity contribution in [2.75, 3.05) is 5.75 Å². The minimum atomic E-state index is -1.00. The highest BCUT2D eigenvalue weighted by Crippen LogP contribution is 2.53. The Morgan fingerprint density at radius 1 is 1.05 bits per heavy atom. The van der Waals surface area contributed by atoms with Gasteiger partial charge in [0.05, 0.1) is 23.3 Å². The van der Waals surface area contributed by atoms with Gasteiger partial charge in [-0.05, 0) is 85.4 Å². The zero-order valence-corrected chi connectivity index (χ0v) is 23.2. The van der Waals surface area contributed by atoms with E-state index in [1.807, 2.05) is 54.2 Å². The Morgan fingerprint density at radius 2 is 1.82 bits per heavy atom. The predicted molar refractivity (Wildman–Crippen MR) is 156 cm³/mol. The van der Waals surface area contributed by atoms with Gasteiger partial charge in [-0.25, -0.2) is 4.79 Å². The molecule has 1 aliphatic carbocycles. The molecule has 0 saturated heterocycles. The zero-order chi connectivity index (χ0) is 28.0. The second kappa shape index (κ2) is 12.2. The molecule has 0 radical (unpaired) electrons. The van der Waals surface area contributed by atoms with E-state index in [0.717, 1.165) is 48.1 Å². The molecule has 39 heavy (non-hydrogen) atoms. The van der Waals surface area contributed by atoms with Gasteiger partial charge in [0, 0.05) is 17.2 Å². The smallest absolute Gasteiger partial charge is 0.337 e. The van der Waals surface area contributed by atoms with Crippen LogP contribution in [0, 0.1) is 5.41 Å². The van der Waals surface area contributed by atoms with Crippen LogP contribution in [0.5, 0.6) is 0 Å². The maximum atomic E-state index is 11.4. The summed E-state index contributed by atoms with van der Waals surface area (Å²) in [6.45, 7) is 3.61. The van der Waals surface area contributed by atoms with E-state index < -0.39 is 17.5 Å². The number of carbonyl (C=O) groups is 2. The number of carboxylic acid groups (broad SMARTS) is 2. The molecular formula is C32H35NO5S. The second-order valence-electron chi connectivity index (χ2n) is 10.9. The topological polar surface area (TPSA) is 108 Å². The number of aliphatic carboxylic acids is 1. The van der Waals surface area contributed by atoms with E-state index in [-0.39, 0.29) is 22.6 Å². The van der Waals surface area contributed by atoms with E-state index >= 15 is 0 Å². The highest BCUT2D eigenvalue weighted by Gasteiger charge is 2.44. The van der Waals surface area contributed by atoms with E-state index in [9.17, 15) is 19.8 Å². The van der Waals surface area contributed by atoms with Gasteiger partial charge in [-0.1, -0.05) is 54.6 Å². The minimum Gasteiger partial charge on any atom is -0.481 e. The molecular weight excluding hydrogens is 510 g/mol. The molecule has 0 spiro atoms. The van der Waals surface area contributed by atoms with Crippen molar-refractivity contribution in [3.8, 4) is 0 Å². The van der Waals surface area contributed by atoms with Crippen molar-refractivity contribution in [1.29, 1.82) is 0 Å². The summed E-state index contributed by atoms with van der Waals surface area (Å²) in [5.74, 6) is -0.937. The van der Waals surface area contributed by atoms with E-state index in [1.165, 1.54) is 17.8 Å². The molecule has 0 bridgehead atoms. The van der Waals surface area contributed by atoms with Gasteiger partial charge in [0.15, 0.2) is 0 Å². The minimum absolute atomic E-state index is 0.106. The number of pyridine rings is 1. The lowest BCUT2D eigenvalue weighted by Crippen LogP contribution is -2.18. The summed E-state index contributed by atoms with van der Waals surface area (Å²) in [6.07, 6.45) is 8.94. The number of aliphatic hydroxyl groups is 1. The predicted octanol–water partition coefficient (Wildman–Crippen LogP) is 6.84. The fourth-order valence-electron chi connectivity index (χ4n) is 4.79. The van der Waals surface area contributed by atoms with E-state index in [0.29, 0.717) is 5.69 Å². The van der Waals surface area contributed by atoms with Gasteiger partial charge in [0.1, 0.15) is 0 Å². The average Bonchev–Trinajstić information content (AvgIpc) is 3.66. The lowest BCUT2D eigenvalue weighted by molar-refractivity contribution is -0.138. The molecule has 7 heteroatoms. The number of rotatable bonds is 13. The first-order chi connectivity index (χ1) is 18.5. The largest absolute Gasteiger partial charge is 0.481 e. The van der Waals surface area contributed by atoms with Crippen molar-refractivity contribution in [2.45, 2.75) is 56.8 Å². The van der Waals surface area contributed by atoms with Crippen molar-refractivity contribution in [3.05, 3.63) is 100 Å². The third kappa shape index (κ3) is 8.04. The Labute approximate surface area is 233 Å². The van der Waals surface area contributed by atoms with Gasteiger partial charge in [0.2, 0.25) is 0 Å². The van der Waals surface area contributed by atoms with Gasteiger partial charge < -0.3 is 15.3 Å². The molecule has 0 amide bonds. The number of thioether (sulfide) groups is 1. The number of hydrogen-bond acceptors (Lipinski definition) is 5. The van der Waals surface area contributed by atoms with Crippen LogP contribution in [0.4, 0.5) is 0 Å². The molecule has 4 rings (SSSR count). The monoisotopic (exact) mass is 545 g/mol. The highest BCUT2D eigenvalue weighted by molar-refractivity contribution is 7.99. The standard InChI is InChI=1S/C32H35NO5S/c1-31(2,38)27-9-4-3-7-23(27)12-15-28(39-21-32(16-17-32)19-29(34)35)24-8-5-6-22(18-24)10-13-26-14-11-25(20-33-26)30(36)37/h3-11,13-14,18,20,28,38H,12,15-17,19,21H2,1-2H3,(H,34,35)(H,36,37)/b13-10+/t28-/m1/s1. The lowest BCUT2D eigenvalue weighted by Gasteiger charge is -2.24. The molecule has 1 heterocycles. The molecule has 0 aliphatic heterocycles. The number of carboxylic acids is 2. The van der Waals surface area contributed by atoms with Crippen LogP contribution in [-0.2, 0) is 16.8 Å². The van der Waals surface area contributed by atoms with Crippen LogP contribution in [0.15, 0.2) is 66.9 Å². The second-order valence-corrected chi connectivity index (χ2v) is 12.1. The van der Waals surface area contributed by atoms with Crippen molar-refractivity contribution in [3.63, 3.8) is 0 Å². The maximum Gasteiger partial charge on any atom is 0.337 e. The SMILES string of the molecule is CC(C)(O)c1ccccc1CC[C@@H](SCC1(CC(=O)O)CC1)c1cccc(/C=C/c2ccc(C(=O)O)cn2)c1. The molecule has 6 nitrogen and oxygen atoms in total. The normalized spacial score (nSPS) is 15.3. The van der Waals surface area contributed by atoms with Crippen molar-refractivity contribution >= 4 is 35.9 Å². The molecule has 3 N–H and O–H groups in total. The Balaban J connectivity index is 1.54. The number of nitrogens with zero attached hydrogens (tertiary/aromatic N) is 1. The third-order valence-electron chi connectivity index (χ3n) is 7.19. The molecule has 2 aromatic carbocycles. The molecule has 1 aliphatic rings. The fraction of sp³-hybridized carbons (Fsp3) is 0.344. The van der Waals surface area contributed by atoms with Gasteiger partial charge in [-0.15, -0.1) is 0 Å². The molecule has 204 valence electrons. The molecule has 1 saturated carbocycles. The van der Waals surface area contributed by atoms with Gasteiger partial charge in [-0.3, -0.25) is 9.78 Å². The molecule has 1 aromatic heterocycles. The maximum absolute atomic E-state index is 11.4. The Kier molecular flexibility index (Phi) is 8.93. The van der Waals surface area contributed by atoms with E-state index in [1.54, 1.807) is 19.9 Å². The molecule has 1 atom stereocenters. The fourth-order valence-corrected chi connectivity index (χ4v) is 6.36. The first-order valence-corrected chi connectivity index (χ1v) is 14.2. The number of hydrogen-bond donors (Lipinski definition) is 3. The Morgan fingerprint density at radius 3 is 2.46 bits per heavy atom. The lowest BCUT2D eigenvalue weighted by atomic mass is 9.90. The summed E-state index contributed by atoms with van der Waals surface area (Å²) < 4.78 is 0. The summed E-state index contributed by atoms with van der Waals surface area (Å²) in [4.78, 5) is 26.7. The number of aromatic nitrogens is 1. The quantitative estimate of drug-likeness (QED) is 0.216. The van der Waals surface area contributed by atoms with Crippen molar-refractivity contribution < 1.29 is 24.9 Å². The molecule has 3 aromatic rings. The van der Waals surface area contributed by atoms with Crippen LogP contribution in [-0.4, -0.2) is 38.0 Å². The van der Waals surface area contributed by atoms with Crippen LogP contribution in [0.2, 0.25) is 0 Å². The van der Waals surface area contributed by atoms with Crippen molar-refractivity contribution in [2.24, 2.45) is 5.41 Å². The van der Waals surface area contributed by atoms with Gasteiger partial charge in [0.25, 0.3) is 0 Å². The Hall–Kier alpha value is -3.42. The third-order valence-corrected chi connectivity index (χ3v) is 8.88. The first kappa shape index (κ1) is 28.6. The summed E-state index contributed by atoms with van der Waals surface area (Å²) in [5, 5.41) is 29.3. The summed E-state index contributed by atoms with van der Waals surface area (Å²) in [7, 11) is 0. The highest BCUT2D eigenvalue weighted by atomic mass is 32.2. The number of aryl methyl sites for hydroxylation is 1. The van der Waals surface area contributed by atoms with E-state index in [4.69, 9.17) is 5.11 Å². The summed E-state index contributed by atoms with van der Waals surface area (Å²) in [5.41, 5.74) is 4.01. The van der Waals surface area contributed by atoms with Crippen molar-refractivity contribution in [1.82, 2.24) is 4.98 Å². The summed E-state index contributed by atoms with van der Waals surface area (Å²) in [6, 6.07) is 19.5. The van der Waals surface area contributed by atoms with Gasteiger partial charge in [-0.2, -0.15) is 11.8 Å². The zero-order valence-electron chi connectivity index (χ0n) is 22.3. The number of benzene rings is 2. The van der Waals surface area contributed by atoms with E-state index in [2.05, 4.69) is 23.2 Å². The summed E-state index contributed by atoms with van der Waals surface area (Å²) >= 11 is 1.83. The average molecular weight is 546 g/mol. The molecule has 0 unspecified atom stereocenters. The first-order valence-electron chi connectivity index (χ1n) is 13.2. The van der Waals surface area contributed by atoms with Crippen LogP contribution in [0.25, 0.3) is 12.2 Å². The number of aromatic carboxylic acids is 1. The Bertz CT molecular complexity index is 1340. The van der Waals surface area contributed by atoms with Crippen LogP contribution in [0.1, 0.15) is 83.1 Å². The van der Waals surface area contributed by atoms with Crippen LogP contribution >= 0.6 is 11.8 Å². The van der Waals surface area contributed by atoms with Crippen LogP contribution < -0.4 is 0 Å². The van der Waals surface area contributed by atoms with Crippen LogP contribution in [0.3, 0.4) is 0 Å².